The molecule has 0 radical (unpaired) electrons. The lowest BCUT2D eigenvalue weighted by Gasteiger charge is -2.28. The van der Waals surface area contributed by atoms with Crippen LogP contribution in [0, 0.1) is 12.3 Å². The standard InChI is InChI=1S/C21H28O3/c1-4-5-6-7-11-21(2,3)16-13-18(23)20(19(24)14-16)15-9-8-10-17(22)12-15/h1,13-15,23-24H,5-12H2,2-3H3. The second-order valence-corrected chi connectivity index (χ2v) is 7.56. The molecule has 1 fully saturated rings. The largest absolute Gasteiger partial charge is 0.508 e. The average molecular weight is 328 g/mol. The first-order chi connectivity index (χ1) is 11.3. The third kappa shape index (κ3) is 4.32. The minimum Gasteiger partial charge on any atom is -0.508 e. The number of carbonyl (C=O) groups excluding carboxylic acids is 1. The average Bonchev–Trinajstić information content (AvgIpc) is 2.51. The summed E-state index contributed by atoms with van der Waals surface area (Å²) in [7, 11) is 0. The fraction of sp³-hybridized carbons (Fsp3) is 0.571. The zero-order valence-corrected chi connectivity index (χ0v) is 14.8. The van der Waals surface area contributed by atoms with Crippen LogP contribution in [0.2, 0.25) is 0 Å². The minimum absolute atomic E-state index is 0.0703. The number of terminal acetylenes is 1. The number of rotatable bonds is 6. The molecule has 0 spiro atoms. The molecule has 1 aromatic carbocycles. The van der Waals surface area contributed by atoms with E-state index in [4.69, 9.17) is 6.42 Å². The van der Waals surface area contributed by atoms with Gasteiger partial charge in [0.1, 0.15) is 17.3 Å². The fourth-order valence-electron chi connectivity index (χ4n) is 3.64. The van der Waals surface area contributed by atoms with E-state index in [1.165, 1.54) is 0 Å². The van der Waals surface area contributed by atoms with Gasteiger partial charge < -0.3 is 10.2 Å². The number of phenolic OH excluding ortho intramolecular Hbond substituents is 2. The van der Waals surface area contributed by atoms with Gasteiger partial charge in [-0.1, -0.05) is 20.3 Å². The van der Waals surface area contributed by atoms with E-state index >= 15 is 0 Å². The van der Waals surface area contributed by atoms with E-state index in [0.29, 0.717) is 18.4 Å². The van der Waals surface area contributed by atoms with Gasteiger partial charge in [0.15, 0.2) is 0 Å². The van der Waals surface area contributed by atoms with E-state index in [-0.39, 0.29) is 28.6 Å². The van der Waals surface area contributed by atoms with Gasteiger partial charge in [-0.2, -0.15) is 0 Å². The van der Waals surface area contributed by atoms with Crippen molar-refractivity contribution in [3.8, 4) is 23.8 Å². The van der Waals surface area contributed by atoms with E-state index < -0.39 is 0 Å². The van der Waals surface area contributed by atoms with E-state index in [9.17, 15) is 15.0 Å². The van der Waals surface area contributed by atoms with Crippen molar-refractivity contribution >= 4 is 5.78 Å². The Morgan fingerprint density at radius 3 is 2.50 bits per heavy atom. The molecule has 1 aliphatic carbocycles. The van der Waals surface area contributed by atoms with Gasteiger partial charge in [-0.05, 0) is 54.7 Å². The summed E-state index contributed by atoms with van der Waals surface area (Å²) in [4.78, 5) is 11.7. The second-order valence-electron chi connectivity index (χ2n) is 7.56. The number of hydrogen-bond donors (Lipinski definition) is 2. The maximum atomic E-state index is 11.7. The first-order valence-electron chi connectivity index (χ1n) is 8.86. The Morgan fingerprint density at radius 2 is 1.92 bits per heavy atom. The zero-order chi connectivity index (χ0) is 17.7. The van der Waals surface area contributed by atoms with Crippen LogP contribution in [-0.2, 0) is 10.2 Å². The van der Waals surface area contributed by atoms with E-state index in [2.05, 4.69) is 19.8 Å². The Morgan fingerprint density at radius 1 is 1.25 bits per heavy atom. The molecule has 2 N–H and O–H groups in total. The molecule has 0 heterocycles. The highest BCUT2D eigenvalue weighted by Crippen LogP contribution is 2.44. The monoisotopic (exact) mass is 328 g/mol. The van der Waals surface area contributed by atoms with Gasteiger partial charge >= 0.3 is 0 Å². The number of Topliss-reactive ketones (excluding diaryl/α,β-unsaturated/α-hetero) is 1. The normalized spacial score (nSPS) is 18.4. The van der Waals surface area contributed by atoms with Gasteiger partial charge in [-0.15, -0.1) is 12.3 Å². The highest BCUT2D eigenvalue weighted by Gasteiger charge is 2.28. The summed E-state index contributed by atoms with van der Waals surface area (Å²) in [5.74, 6) is 3.02. The maximum absolute atomic E-state index is 11.7. The van der Waals surface area contributed by atoms with Crippen molar-refractivity contribution in [1.82, 2.24) is 0 Å². The first-order valence-corrected chi connectivity index (χ1v) is 8.86. The number of carbonyl (C=O) groups is 1. The molecule has 1 unspecified atom stereocenters. The Labute approximate surface area is 145 Å². The molecular formula is C21H28O3. The lowest BCUT2D eigenvalue weighted by atomic mass is 9.77. The first kappa shape index (κ1) is 18.4. The number of unbranched alkanes of at least 4 members (excludes halogenated alkanes) is 2. The van der Waals surface area contributed by atoms with Crippen LogP contribution in [0.1, 0.15) is 82.3 Å². The van der Waals surface area contributed by atoms with E-state index in [0.717, 1.165) is 44.1 Å². The molecule has 2 rings (SSSR count). The Kier molecular flexibility index (Phi) is 5.94. The zero-order valence-electron chi connectivity index (χ0n) is 14.8. The molecule has 0 amide bonds. The third-order valence-electron chi connectivity index (χ3n) is 5.18. The van der Waals surface area contributed by atoms with E-state index in [1.54, 1.807) is 12.1 Å². The quantitative estimate of drug-likeness (QED) is 0.583. The molecule has 3 nitrogen and oxygen atoms in total. The van der Waals surface area contributed by atoms with Gasteiger partial charge in [0.2, 0.25) is 0 Å². The summed E-state index contributed by atoms with van der Waals surface area (Å²) < 4.78 is 0. The molecule has 0 aliphatic heterocycles. The van der Waals surface area contributed by atoms with Crippen LogP contribution in [0.3, 0.4) is 0 Å². The molecule has 0 bridgehead atoms. The lowest BCUT2D eigenvalue weighted by Crippen LogP contribution is -2.18. The van der Waals surface area contributed by atoms with Crippen molar-refractivity contribution < 1.29 is 15.0 Å². The highest BCUT2D eigenvalue weighted by molar-refractivity contribution is 5.80. The van der Waals surface area contributed by atoms with Crippen LogP contribution in [0.5, 0.6) is 11.5 Å². The summed E-state index contributed by atoms with van der Waals surface area (Å²) in [6.45, 7) is 4.22. The van der Waals surface area contributed by atoms with Crippen LogP contribution < -0.4 is 0 Å². The van der Waals surface area contributed by atoms with Crippen molar-refractivity contribution in [2.75, 3.05) is 0 Å². The van der Waals surface area contributed by atoms with Gasteiger partial charge in [0.05, 0.1) is 0 Å². The van der Waals surface area contributed by atoms with E-state index in [1.807, 2.05) is 0 Å². The van der Waals surface area contributed by atoms with Gasteiger partial charge in [0, 0.05) is 24.8 Å². The fourth-order valence-corrected chi connectivity index (χ4v) is 3.64. The third-order valence-corrected chi connectivity index (χ3v) is 5.18. The molecule has 24 heavy (non-hydrogen) atoms. The summed E-state index contributed by atoms with van der Waals surface area (Å²) in [5, 5.41) is 21.0. The van der Waals surface area contributed by atoms with Crippen molar-refractivity contribution in [3.63, 3.8) is 0 Å². The van der Waals surface area contributed by atoms with Crippen LogP contribution in [0.25, 0.3) is 0 Å². The molecule has 1 atom stereocenters. The van der Waals surface area contributed by atoms with Crippen LogP contribution in [0.4, 0.5) is 0 Å². The summed E-state index contributed by atoms with van der Waals surface area (Å²) >= 11 is 0. The summed E-state index contributed by atoms with van der Waals surface area (Å²) in [6.07, 6.45) is 11.7. The highest BCUT2D eigenvalue weighted by atomic mass is 16.3. The van der Waals surface area contributed by atoms with Crippen molar-refractivity contribution in [1.29, 1.82) is 0 Å². The van der Waals surface area contributed by atoms with Crippen molar-refractivity contribution in [3.05, 3.63) is 23.3 Å². The predicted molar refractivity (Wildman–Crippen MR) is 96.3 cm³/mol. The number of aromatic hydroxyl groups is 2. The van der Waals surface area contributed by atoms with Crippen LogP contribution in [0.15, 0.2) is 12.1 Å². The SMILES string of the molecule is C#CCCCCC(C)(C)c1cc(O)c(C2CCCC(=O)C2)c(O)c1. The number of hydrogen-bond acceptors (Lipinski definition) is 3. The van der Waals surface area contributed by atoms with Gasteiger partial charge in [-0.3, -0.25) is 4.79 Å². The molecule has 3 heteroatoms. The molecule has 0 saturated heterocycles. The number of ketones is 1. The molecule has 1 aromatic rings. The van der Waals surface area contributed by atoms with Gasteiger partial charge in [0.25, 0.3) is 0 Å². The molecule has 1 aliphatic rings. The Balaban J connectivity index is 2.19. The lowest BCUT2D eigenvalue weighted by molar-refractivity contribution is -0.120. The minimum atomic E-state index is -0.148. The van der Waals surface area contributed by atoms with Crippen molar-refractivity contribution in [2.45, 2.75) is 76.5 Å². The summed E-state index contributed by atoms with van der Waals surface area (Å²) in [6, 6.07) is 3.52. The molecule has 130 valence electrons. The predicted octanol–water partition coefficient (Wildman–Crippen LogP) is 4.80. The molecular weight excluding hydrogens is 300 g/mol. The van der Waals surface area contributed by atoms with Crippen LogP contribution >= 0.6 is 0 Å². The summed E-state index contributed by atoms with van der Waals surface area (Å²) in [5.41, 5.74) is 1.31. The van der Waals surface area contributed by atoms with Gasteiger partial charge in [-0.25, -0.2) is 0 Å². The molecule has 1 saturated carbocycles. The maximum Gasteiger partial charge on any atom is 0.133 e. The smallest absolute Gasteiger partial charge is 0.133 e. The molecule has 0 aromatic heterocycles. The second kappa shape index (κ2) is 7.75. The van der Waals surface area contributed by atoms with Crippen molar-refractivity contribution in [2.24, 2.45) is 0 Å². The Bertz CT molecular complexity index is 614. The number of benzene rings is 1. The van der Waals surface area contributed by atoms with Crippen LogP contribution in [-0.4, -0.2) is 16.0 Å². The number of phenols is 2. The topological polar surface area (TPSA) is 57.5 Å². The Hall–Kier alpha value is -1.95.